The molecule has 1 unspecified atom stereocenters. The summed E-state index contributed by atoms with van der Waals surface area (Å²) in [6.45, 7) is 3.66. The van der Waals surface area contributed by atoms with Crippen LogP contribution in [0.25, 0.3) is 5.69 Å². The van der Waals surface area contributed by atoms with Gasteiger partial charge in [-0.2, -0.15) is 0 Å². The maximum atomic E-state index is 12.7. The molecule has 0 aliphatic carbocycles. The first-order chi connectivity index (χ1) is 17.6. The summed E-state index contributed by atoms with van der Waals surface area (Å²) in [5.74, 6) is 1.84. The number of rotatable bonds is 10. The fourth-order valence-corrected chi connectivity index (χ4v) is 5.58. The van der Waals surface area contributed by atoms with Gasteiger partial charge in [0.25, 0.3) is 0 Å². The number of alkyl halides is 1. The van der Waals surface area contributed by atoms with Gasteiger partial charge in [0.1, 0.15) is 11.7 Å². The molecule has 4 rings (SSSR count). The summed E-state index contributed by atoms with van der Waals surface area (Å²) >= 11 is 7.37. The molecule has 3 aromatic rings. The van der Waals surface area contributed by atoms with Gasteiger partial charge in [-0.1, -0.05) is 60.3 Å². The molecular formula is C27H32ClN5O2S. The van der Waals surface area contributed by atoms with E-state index >= 15 is 0 Å². The van der Waals surface area contributed by atoms with E-state index in [0.717, 1.165) is 35.3 Å². The molecule has 0 radical (unpaired) electrons. The minimum Gasteiger partial charge on any atom is -0.339 e. The number of carbonyl (C=O) groups excluding carboxylic acids is 2. The smallest absolute Gasteiger partial charge is 0.237 e. The van der Waals surface area contributed by atoms with Crippen molar-refractivity contribution in [3.8, 4) is 5.69 Å². The predicted octanol–water partition coefficient (Wildman–Crippen LogP) is 4.42. The molecule has 1 aliphatic rings. The van der Waals surface area contributed by atoms with Crippen molar-refractivity contribution in [3.05, 3.63) is 72.1 Å². The zero-order valence-electron chi connectivity index (χ0n) is 20.6. The third-order valence-corrected chi connectivity index (χ3v) is 7.59. The highest BCUT2D eigenvalue weighted by atomic mass is 35.5. The normalized spacial score (nSPS) is 15.8. The molecule has 1 aliphatic heterocycles. The summed E-state index contributed by atoms with van der Waals surface area (Å²) in [5, 5.41) is 9.86. The monoisotopic (exact) mass is 525 g/mol. The van der Waals surface area contributed by atoms with E-state index in [0.29, 0.717) is 32.5 Å². The summed E-state index contributed by atoms with van der Waals surface area (Å²) in [6, 6.07) is 20.5. The molecule has 0 saturated carbocycles. The molecule has 2 aromatic carbocycles. The summed E-state index contributed by atoms with van der Waals surface area (Å²) in [5.41, 5.74) is 2.24. The van der Waals surface area contributed by atoms with Crippen LogP contribution in [0.1, 0.15) is 37.6 Å². The highest BCUT2D eigenvalue weighted by molar-refractivity contribution is 7.99. The van der Waals surface area contributed by atoms with Crippen LogP contribution in [0.15, 0.2) is 65.8 Å². The molecule has 36 heavy (non-hydrogen) atoms. The Morgan fingerprint density at radius 1 is 0.972 bits per heavy atom. The molecule has 1 aromatic heterocycles. The van der Waals surface area contributed by atoms with Gasteiger partial charge in [0, 0.05) is 50.0 Å². The minimum absolute atomic E-state index is 0.000986. The highest BCUT2D eigenvalue weighted by Crippen LogP contribution is 2.24. The number of carbonyl (C=O) groups is 2. The second kappa shape index (κ2) is 12.9. The molecule has 7 nitrogen and oxygen atoms in total. The summed E-state index contributed by atoms with van der Waals surface area (Å²) in [7, 11) is 0. The van der Waals surface area contributed by atoms with E-state index in [9.17, 15) is 9.59 Å². The molecule has 1 fully saturated rings. The number of hydrogen-bond donors (Lipinski definition) is 0. The standard InChI is InChI=1S/C27H32ClN5O2S/c1-21-20-31(15-16-32(21)26(35)19-28)25(34)14-8-9-17-36-27-30-29-24(18-22-10-4-2-5-11-22)33(27)23-12-6-3-7-13-23/h2-7,10-13,21H,8-9,14-20H2,1H3. The number of unbranched alkanes of at least 4 members (excludes halogenated alkanes) is 1. The Kier molecular flexibility index (Phi) is 9.41. The van der Waals surface area contributed by atoms with E-state index in [-0.39, 0.29) is 23.7 Å². The number of nitrogens with zero attached hydrogens (tertiary/aromatic N) is 5. The first-order valence-corrected chi connectivity index (χ1v) is 13.9. The summed E-state index contributed by atoms with van der Waals surface area (Å²) in [4.78, 5) is 28.2. The van der Waals surface area contributed by atoms with Crippen molar-refractivity contribution in [1.29, 1.82) is 0 Å². The Morgan fingerprint density at radius 2 is 1.69 bits per heavy atom. The lowest BCUT2D eigenvalue weighted by Crippen LogP contribution is -2.55. The molecule has 9 heteroatoms. The van der Waals surface area contributed by atoms with Gasteiger partial charge < -0.3 is 9.80 Å². The first kappa shape index (κ1) is 26.2. The van der Waals surface area contributed by atoms with Gasteiger partial charge in [-0.15, -0.1) is 21.8 Å². The van der Waals surface area contributed by atoms with Crippen LogP contribution in [0.3, 0.4) is 0 Å². The summed E-state index contributed by atoms with van der Waals surface area (Å²) < 4.78 is 2.13. The number of aromatic nitrogens is 3. The topological polar surface area (TPSA) is 71.3 Å². The van der Waals surface area contributed by atoms with E-state index in [1.165, 1.54) is 5.56 Å². The zero-order valence-corrected chi connectivity index (χ0v) is 22.1. The lowest BCUT2D eigenvalue weighted by atomic mass is 10.1. The fraction of sp³-hybridized carbons (Fsp3) is 0.407. The van der Waals surface area contributed by atoms with E-state index in [4.69, 9.17) is 11.6 Å². The van der Waals surface area contributed by atoms with Crippen molar-refractivity contribution < 1.29 is 9.59 Å². The number of thioether (sulfide) groups is 1. The van der Waals surface area contributed by atoms with E-state index in [1.54, 1.807) is 16.7 Å². The molecule has 190 valence electrons. The van der Waals surface area contributed by atoms with Crippen LogP contribution < -0.4 is 0 Å². The largest absolute Gasteiger partial charge is 0.339 e. The van der Waals surface area contributed by atoms with Crippen molar-refractivity contribution in [2.75, 3.05) is 31.3 Å². The maximum Gasteiger partial charge on any atom is 0.237 e. The molecule has 1 saturated heterocycles. The van der Waals surface area contributed by atoms with Crippen LogP contribution in [0, 0.1) is 0 Å². The van der Waals surface area contributed by atoms with E-state index < -0.39 is 0 Å². The molecular weight excluding hydrogens is 494 g/mol. The van der Waals surface area contributed by atoms with Gasteiger partial charge in [0.15, 0.2) is 5.16 Å². The molecule has 0 N–H and O–H groups in total. The van der Waals surface area contributed by atoms with Crippen LogP contribution in [-0.2, 0) is 16.0 Å². The van der Waals surface area contributed by atoms with E-state index in [1.807, 2.05) is 48.2 Å². The van der Waals surface area contributed by atoms with Gasteiger partial charge >= 0.3 is 0 Å². The summed E-state index contributed by atoms with van der Waals surface area (Å²) in [6.07, 6.45) is 2.95. The van der Waals surface area contributed by atoms with Gasteiger partial charge in [0.05, 0.1) is 0 Å². The minimum atomic E-state index is -0.0661. The van der Waals surface area contributed by atoms with Crippen LogP contribution in [0.4, 0.5) is 0 Å². The number of hydrogen-bond acceptors (Lipinski definition) is 5. The second-order valence-corrected chi connectivity index (χ2v) is 10.3. The van der Waals surface area contributed by atoms with Crippen LogP contribution in [0.5, 0.6) is 0 Å². The average Bonchev–Trinajstić information content (AvgIpc) is 3.31. The number of piperazine rings is 1. The van der Waals surface area contributed by atoms with Crippen LogP contribution in [-0.4, -0.2) is 73.7 Å². The molecule has 2 heterocycles. The Labute approximate surface area is 221 Å². The Bertz CT molecular complexity index is 1140. The number of benzene rings is 2. The highest BCUT2D eigenvalue weighted by Gasteiger charge is 2.28. The van der Waals surface area contributed by atoms with Crippen molar-refractivity contribution in [1.82, 2.24) is 24.6 Å². The quantitative estimate of drug-likeness (QED) is 0.223. The Hall–Kier alpha value is -2.84. The van der Waals surface area contributed by atoms with Crippen LogP contribution in [0.2, 0.25) is 0 Å². The van der Waals surface area contributed by atoms with Gasteiger partial charge in [-0.05, 0) is 37.5 Å². The molecule has 0 spiro atoms. The Morgan fingerprint density at radius 3 is 2.39 bits per heavy atom. The van der Waals surface area contributed by atoms with Crippen molar-refractivity contribution in [2.45, 2.75) is 43.8 Å². The van der Waals surface area contributed by atoms with E-state index in [2.05, 4.69) is 39.0 Å². The fourth-order valence-electron chi connectivity index (χ4n) is 4.45. The van der Waals surface area contributed by atoms with Gasteiger partial charge in [-0.25, -0.2) is 0 Å². The van der Waals surface area contributed by atoms with Crippen molar-refractivity contribution >= 4 is 35.2 Å². The average molecular weight is 526 g/mol. The number of halogens is 1. The van der Waals surface area contributed by atoms with Gasteiger partial charge in [-0.3, -0.25) is 14.2 Å². The first-order valence-electron chi connectivity index (χ1n) is 12.4. The van der Waals surface area contributed by atoms with Crippen molar-refractivity contribution in [2.24, 2.45) is 0 Å². The Balaban J connectivity index is 1.29. The number of para-hydroxylation sites is 1. The van der Waals surface area contributed by atoms with Crippen LogP contribution >= 0.6 is 23.4 Å². The zero-order chi connectivity index (χ0) is 25.3. The predicted molar refractivity (Wildman–Crippen MR) is 144 cm³/mol. The second-order valence-electron chi connectivity index (χ2n) is 8.95. The molecule has 0 bridgehead atoms. The molecule has 2 amide bonds. The lowest BCUT2D eigenvalue weighted by molar-refractivity contribution is -0.141. The lowest BCUT2D eigenvalue weighted by Gasteiger charge is -2.39. The van der Waals surface area contributed by atoms with Crippen molar-refractivity contribution in [3.63, 3.8) is 0 Å². The maximum absolute atomic E-state index is 12.7. The SMILES string of the molecule is CC1CN(C(=O)CCCCSc2nnc(Cc3ccccc3)n2-c2ccccc2)CCN1C(=O)CCl. The third kappa shape index (κ3) is 6.68. The number of amides is 2. The molecule has 1 atom stereocenters. The third-order valence-electron chi connectivity index (χ3n) is 6.35. The van der Waals surface area contributed by atoms with Gasteiger partial charge in [0.2, 0.25) is 11.8 Å².